The second kappa shape index (κ2) is 6.68. The van der Waals surface area contributed by atoms with Crippen molar-refractivity contribution >= 4 is 33.4 Å². The molecule has 0 amide bonds. The van der Waals surface area contributed by atoms with E-state index in [2.05, 4.69) is 59.6 Å². The molecule has 1 saturated heterocycles. The molecule has 1 fully saturated rings. The molecule has 0 aliphatic carbocycles. The fourth-order valence-electron chi connectivity index (χ4n) is 4.08. The first-order valence-corrected chi connectivity index (χ1v) is 9.95. The van der Waals surface area contributed by atoms with E-state index in [0.29, 0.717) is 5.82 Å². The van der Waals surface area contributed by atoms with E-state index in [1.54, 1.807) is 0 Å². The number of rotatable bonds is 3. The predicted molar refractivity (Wildman–Crippen MR) is 113 cm³/mol. The van der Waals surface area contributed by atoms with E-state index in [9.17, 15) is 0 Å². The van der Waals surface area contributed by atoms with Crippen molar-refractivity contribution in [3.05, 3.63) is 24.0 Å². The molecule has 0 bridgehead atoms. The van der Waals surface area contributed by atoms with Crippen LogP contribution in [0.1, 0.15) is 39.9 Å². The zero-order valence-electron chi connectivity index (χ0n) is 16.8. The van der Waals surface area contributed by atoms with E-state index in [1.165, 1.54) is 5.69 Å². The first kappa shape index (κ1) is 18.0. The molecule has 3 N–H and O–H groups in total. The van der Waals surface area contributed by atoms with Crippen molar-refractivity contribution in [3.8, 4) is 0 Å². The molecule has 0 atom stereocenters. The maximum absolute atomic E-state index is 6.22. The van der Waals surface area contributed by atoms with Crippen LogP contribution in [0.4, 0.5) is 11.5 Å². The van der Waals surface area contributed by atoms with Crippen LogP contribution in [0.25, 0.3) is 21.9 Å². The lowest BCUT2D eigenvalue weighted by Gasteiger charge is -2.43. The number of hydrogen-bond donors (Lipinski definition) is 2. The number of aromatic amines is 1. The lowest BCUT2D eigenvalue weighted by molar-refractivity contribution is 0.128. The highest BCUT2D eigenvalue weighted by atomic mass is 15.3. The number of imidazole rings is 1. The van der Waals surface area contributed by atoms with E-state index in [0.717, 1.165) is 66.8 Å². The molecule has 0 spiro atoms. The second-order valence-electron chi connectivity index (χ2n) is 8.47. The summed E-state index contributed by atoms with van der Waals surface area (Å²) in [6, 6.07) is 6.31. The van der Waals surface area contributed by atoms with Gasteiger partial charge >= 0.3 is 0 Å². The van der Waals surface area contributed by atoms with E-state index in [-0.39, 0.29) is 5.54 Å². The van der Waals surface area contributed by atoms with Crippen molar-refractivity contribution in [2.75, 3.05) is 36.8 Å². The zero-order chi connectivity index (χ0) is 19.2. The Balaban J connectivity index is 1.78. The van der Waals surface area contributed by atoms with Crippen molar-refractivity contribution in [1.82, 2.24) is 19.9 Å². The summed E-state index contributed by atoms with van der Waals surface area (Å²) in [5, 5.41) is 1.12. The van der Waals surface area contributed by atoms with Gasteiger partial charge in [0.1, 0.15) is 22.7 Å². The van der Waals surface area contributed by atoms with Crippen LogP contribution >= 0.6 is 0 Å². The molecular formula is C21H30N6. The molecule has 144 valence electrons. The molecule has 0 unspecified atom stereocenters. The number of nitrogens with two attached hydrogens (primary N) is 1. The third-order valence-electron chi connectivity index (χ3n) is 5.56. The van der Waals surface area contributed by atoms with Crippen LogP contribution in [0.3, 0.4) is 0 Å². The van der Waals surface area contributed by atoms with Crippen LogP contribution in [0.15, 0.2) is 18.2 Å². The number of nitrogen functional groups attached to an aromatic ring is 1. The minimum absolute atomic E-state index is 0.214. The number of benzene rings is 1. The number of anilines is 2. The third-order valence-corrected chi connectivity index (χ3v) is 5.56. The predicted octanol–water partition coefficient (Wildman–Crippen LogP) is 3.57. The van der Waals surface area contributed by atoms with Crippen LogP contribution in [0.2, 0.25) is 0 Å². The van der Waals surface area contributed by atoms with Crippen molar-refractivity contribution in [2.45, 2.75) is 46.1 Å². The Labute approximate surface area is 160 Å². The molecule has 27 heavy (non-hydrogen) atoms. The van der Waals surface area contributed by atoms with Gasteiger partial charge in [0.2, 0.25) is 0 Å². The smallest absolute Gasteiger partial charge is 0.150 e. The Hall–Kier alpha value is -2.34. The van der Waals surface area contributed by atoms with Crippen molar-refractivity contribution in [3.63, 3.8) is 0 Å². The number of aryl methyl sites for hydroxylation is 1. The van der Waals surface area contributed by atoms with Crippen LogP contribution in [0, 0.1) is 0 Å². The Morgan fingerprint density at radius 3 is 2.52 bits per heavy atom. The van der Waals surface area contributed by atoms with E-state index < -0.39 is 0 Å². The van der Waals surface area contributed by atoms with Crippen LogP contribution in [-0.2, 0) is 6.42 Å². The van der Waals surface area contributed by atoms with Gasteiger partial charge in [0.25, 0.3) is 0 Å². The average molecular weight is 367 g/mol. The number of nitrogens with one attached hydrogen (secondary N) is 1. The maximum atomic E-state index is 6.22. The standard InChI is InChI=1S/C21H30N6/c1-5-7-16-24-18-17-14(23-20(22)19(18)25-16)8-6-9-15(17)26-10-12-27(13-11-26)21(2,3)4/h6,8-9H,5,7,10-13H2,1-4H3,(H2,22,23)(H,24,25). The highest BCUT2D eigenvalue weighted by Gasteiger charge is 2.27. The van der Waals surface area contributed by atoms with Gasteiger partial charge in [-0.2, -0.15) is 0 Å². The van der Waals surface area contributed by atoms with Crippen molar-refractivity contribution in [1.29, 1.82) is 0 Å². The summed E-state index contributed by atoms with van der Waals surface area (Å²) in [5.74, 6) is 1.52. The number of nitrogens with zero attached hydrogens (tertiary/aromatic N) is 4. The fourth-order valence-corrected chi connectivity index (χ4v) is 4.08. The average Bonchev–Trinajstić information content (AvgIpc) is 3.05. The first-order valence-electron chi connectivity index (χ1n) is 9.95. The van der Waals surface area contributed by atoms with E-state index in [1.807, 2.05) is 6.07 Å². The molecule has 3 heterocycles. The Bertz CT molecular complexity index is 960. The molecular weight excluding hydrogens is 336 g/mol. The summed E-state index contributed by atoms with van der Waals surface area (Å²) in [7, 11) is 0. The fraction of sp³-hybridized carbons (Fsp3) is 0.524. The van der Waals surface area contributed by atoms with Crippen LogP contribution < -0.4 is 10.6 Å². The summed E-state index contributed by atoms with van der Waals surface area (Å²) >= 11 is 0. The zero-order valence-corrected chi connectivity index (χ0v) is 16.8. The first-order chi connectivity index (χ1) is 12.9. The Morgan fingerprint density at radius 2 is 1.85 bits per heavy atom. The van der Waals surface area contributed by atoms with Gasteiger partial charge < -0.3 is 15.6 Å². The molecule has 2 aromatic heterocycles. The summed E-state index contributed by atoms with van der Waals surface area (Å²) in [4.78, 5) is 18.0. The van der Waals surface area contributed by atoms with Gasteiger partial charge in [-0.1, -0.05) is 13.0 Å². The monoisotopic (exact) mass is 366 g/mol. The number of aromatic nitrogens is 3. The Morgan fingerprint density at radius 1 is 1.11 bits per heavy atom. The largest absolute Gasteiger partial charge is 0.382 e. The number of pyridine rings is 1. The molecule has 0 saturated carbocycles. The normalized spacial score (nSPS) is 16.5. The lowest BCUT2D eigenvalue weighted by Crippen LogP contribution is -2.53. The molecule has 4 rings (SSSR count). The van der Waals surface area contributed by atoms with Gasteiger partial charge in [-0.15, -0.1) is 0 Å². The number of piperazine rings is 1. The van der Waals surface area contributed by atoms with Crippen LogP contribution in [-0.4, -0.2) is 51.6 Å². The van der Waals surface area contributed by atoms with Gasteiger partial charge in [0, 0.05) is 43.8 Å². The van der Waals surface area contributed by atoms with Gasteiger partial charge in [-0.3, -0.25) is 4.90 Å². The second-order valence-corrected chi connectivity index (χ2v) is 8.47. The topological polar surface area (TPSA) is 74.1 Å². The number of H-pyrrole nitrogens is 1. The van der Waals surface area contributed by atoms with Gasteiger partial charge in [-0.25, -0.2) is 9.97 Å². The number of hydrogen-bond acceptors (Lipinski definition) is 5. The lowest BCUT2D eigenvalue weighted by atomic mass is 10.0. The molecule has 0 radical (unpaired) electrons. The quantitative estimate of drug-likeness (QED) is 0.741. The van der Waals surface area contributed by atoms with Crippen LogP contribution in [0.5, 0.6) is 0 Å². The maximum Gasteiger partial charge on any atom is 0.150 e. The summed E-state index contributed by atoms with van der Waals surface area (Å²) in [6.45, 7) is 13.2. The van der Waals surface area contributed by atoms with Crippen molar-refractivity contribution in [2.24, 2.45) is 0 Å². The highest BCUT2D eigenvalue weighted by molar-refractivity contribution is 6.12. The molecule has 1 aromatic carbocycles. The summed E-state index contributed by atoms with van der Waals surface area (Å²) in [5.41, 5.74) is 10.4. The Kier molecular flexibility index (Phi) is 4.46. The van der Waals surface area contributed by atoms with Gasteiger partial charge in [0.15, 0.2) is 0 Å². The van der Waals surface area contributed by atoms with Gasteiger partial charge in [0.05, 0.1) is 10.9 Å². The van der Waals surface area contributed by atoms with E-state index in [4.69, 9.17) is 10.7 Å². The SMILES string of the molecule is CCCc1nc2c([nH]1)c(N)nc1cccc(N3CCN(C(C)(C)C)CC3)c12. The molecule has 1 aliphatic rings. The number of fused-ring (bicyclic) bond motifs is 3. The van der Waals surface area contributed by atoms with E-state index >= 15 is 0 Å². The third kappa shape index (κ3) is 3.23. The summed E-state index contributed by atoms with van der Waals surface area (Å²) in [6.07, 6.45) is 1.97. The molecule has 3 aromatic rings. The minimum atomic E-state index is 0.214. The highest BCUT2D eigenvalue weighted by Crippen LogP contribution is 2.34. The minimum Gasteiger partial charge on any atom is -0.382 e. The van der Waals surface area contributed by atoms with Gasteiger partial charge in [-0.05, 0) is 39.3 Å². The van der Waals surface area contributed by atoms with Crippen molar-refractivity contribution < 1.29 is 0 Å². The summed E-state index contributed by atoms with van der Waals surface area (Å²) < 4.78 is 0. The molecule has 6 heteroatoms. The molecule has 1 aliphatic heterocycles. The molecule has 6 nitrogen and oxygen atoms in total.